The van der Waals surface area contributed by atoms with Gasteiger partial charge in [-0.1, -0.05) is 23.7 Å². The van der Waals surface area contributed by atoms with Gasteiger partial charge >= 0.3 is 0 Å². The Labute approximate surface area is 159 Å². The summed E-state index contributed by atoms with van der Waals surface area (Å²) < 4.78 is 7.73. The molecule has 130 valence electrons. The molecule has 0 saturated carbocycles. The van der Waals surface area contributed by atoms with Crippen molar-refractivity contribution in [2.45, 2.75) is 6.54 Å². The van der Waals surface area contributed by atoms with Gasteiger partial charge in [-0.2, -0.15) is 0 Å². The minimum atomic E-state index is 0.0893. The molecule has 0 aliphatic heterocycles. The summed E-state index contributed by atoms with van der Waals surface area (Å²) in [4.78, 5) is 4.44. The summed E-state index contributed by atoms with van der Waals surface area (Å²) in [6.45, 7) is 0.537. The van der Waals surface area contributed by atoms with Gasteiger partial charge in [-0.05, 0) is 45.8 Å². The number of nitrogens with zero attached hydrogens (tertiary/aromatic N) is 2. The number of phenols is 1. The zero-order valence-corrected chi connectivity index (χ0v) is 16.1. The average molecular weight is 423 g/mol. The third kappa shape index (κ3) is 3.75. The van der Waals surface area contributed by atoms with Crippen molar-refractivity contribution in [3.05, 3.63) is 57.7 Å². The summed E-state index contributed by atoms with van der Waals surface area (Å²) in [5, 5.41) is 13.9. The van der Waals surface area contributed by atoms with E-state index in [9.17, 15) is 5.11 Å². The van der Waals surface area contributed by atoms with E-state index in [4.69, 9.17) is 16.3 Å². The normalized spacial score (nSPS) is 10.7. The summed E-state index contributed by atoms with van der Waals surface area (Å²) in [6.07, 6.45) is 1.81. The number of rotatable bonds is 5. The lowest BCUT2D eigenvalue weighted by molar-refractivity contribution is 0.371. The van der Waals surface area contributed by atoms with Crippen molar-refractivity contribution in [3.8, 4) is 22.8 Å². The van der Waals surface area contributed by atoms with Crippen molar-refractivity contribution in [3.63, 3.8) is 0 Å². The van der Waals surface area contributed by atoms with Crippen molar-refractivity contribution in [2.24, 2.45) is 7.05 Å². The number of halogens is 2. The third-order valence-electron chi connectivity index (χ3n) is 3.87. The molecule has 0 amide bonds. The molecule has 5 nitrogen and oxygen atoms in total. The van der Waals surface area contributed by atoms with Gasteiger partial charge < -0.3 is 19.7 Å². The molecular weight excluding hydrogens is 406 g/mol. The zero-order valence-electron chi connectivity index (χ0n) is 13.8. The minimum absolute atomic E-state index is 0.0893. The smallest absolute Gasteiger partial charge is 0.203 e. The highest BCUT2D eigenvalue weighted by Crippen LogP contribution is 2.35. The van der Waals surface area contributed by atoms with Gasteiger partial charge in [0.05, 0.1) is 23.5 Å². The standard InChI is InChI=1S/C18H17BrClN3O2/c1-23-15(12-4-3-5-13(20)8-12)10-22-18(23)21-9-11-6-14(19)17(24)16(7-11)25-2/h3-8,10,24H,9H2,1-2H3,(H,21,22). The van der Waals surface area contributed by atoms with E-state index in [1.807, 2.05) is 41.9 Å². The van der Waals surface area contributed by atoms with Crippen molar-refractivity contribution in [1.82, 2.24) is 9.55 Å². The molecule has 0 aliphatic rings. The van der Waals surface area contributed by atoms with Crippen LogP contribution in [0.5, 0.6) is 11.5 Å². The number of nitrogens with one attached hydrogen (secondary N) is 1. The van der Waals surface area contributed by atoms with Crippen LogP contribution in [0.1, 0.15) is 5.56 Å². The number of aromatic nitrogens is 2. The molecule has 0 fully saturated rings. The Morgan fingerprint density at radius 1 is 1.32 bits per heavy atom. The largest absolute Gasteiger partial charge is 0.503 e. The van der Waals surface area contributed by atoms with Crippen LogP contribution in [0.25, 0.3) is 11.3 Å². The number of imidazole rings is 1. The molecule has 25 heavy (non-hydrogen) atoms. The van der Waals surface area contributed by atoms with Gasteiger partial charge in [-0.3, -0.25) is 0 Å². The molecule has 1 aromatic heterocycles. The lowest BCUT2D eigenvalue weighted by Crippen LogP contribution is -2.06. The first-order chi connectivity index (χ1) is 12.0. The first-order valence-electron chi connectivity index (χ1n) is 7.56. The highest BCUT2D eigenvalue weighted by Gasteiger charge is 2.11. The Bertz CT molecular complexity index is 911. The van der Waals surface area contributed by atoms with Crippen LogP contribution in [-0.2, 0) is 13.6 Å². The highest BCUT2D eigenvalue weighted by atomic mass is 79.9. The van der Waals surface area contributed by atoms with Crippen molar-refractivity contribution in [1.29, 1.82) is 0 Å². The summed E-state index contributed by atoms with van der Waals surface area (Å²) in [7, 11) is 3.47. The van der Waals surface area contributed by atoms with Gasteiger partial charge in [0.25, 0.3) is 0 Å². The second-order valence-electron chi connectivity index (χ2n) is 5.52. The van der Waals surface area contributed by atoms with E-state index in [1.165, 1.54) is 7.11 Å². The summed E-state index contributed by atoms with van der Waals surface area (Å²) in [6, 6.07) is 11.3. The number of hydrogen-bond acceptors (Lipinski definition) is 4. The van der Waals surface area contributed by atoms with Crippen LogP contribution in [0.4, 0.5) is 5.95 Å². The fourth-order valence-corrected chi connectivity index (χ4v) is 3.24. The summed E-state index contributed by atoms with van der Waals surface area (Å²) in [5.41, 5.74) is 2.92. The van der Waals surface area contributed by atoms with Crippen LogP contribution >= 0.6 is 27.5 Å². The van der Waals surface area contributed by atoms with Crippen LogP contribution in [-0.4, -0.2) is 21.8 Å². The fraction of sp³-hybridized carbons (Fsp3) is 0.167. The molecule has 0 saturated heterocycles. The lowest BCUT2D eigenvalue weighted by atomic mass is 10.2. The molecule has 2 N–H and O–H groups in total. The number of ether oxygens (including phenoxy) is 1. The Morgan fingerprint density at radius 3 is 2.84 bits per heavy atom. The van der Waals surface area contributed by atoms with Crippen molar-refractivity contribution >= 4 is 33.5 Å². The maximum absolute atomic E-state index is 9.88. The predicted molar refractivity (Wildman–Crippen MR) is 103 cm³/mol. The van der Waals surface area contributed by atoms with E-state index in [2.05, 4.69) is 26.2 Å². The van der Waals surface area contributed by atoms with Gasteiger partial charge in [0, 0.05) is 24.2 Å². The molecule has 3 rings (SSSR count). The fourth-order valence-electron chi connectivity index (χ4n) is 2.56. The molecule has 0 atom stereocenters. The molecule has 7 heteroatoms. The van der Waals surface area contributed by atoms with Gasteiger partial charge in [-0.25, -0.2) is 4.98 Å². The van der Waals surface area contributed by atoms with Crippen LogP contribution < -0.4 is 10.1 Å². The molecule has 0 spiro atoms. The van der Waals surface area contributed by atoms with Gasteiger partial charge in [0.15, 0.2) is 11.5 Å². The Balaban J connectivity index is 1.80. The minimum Gasteiger partial charge on any atom is -0.503 e. The van der Waals surface area contributed by atoms with E-state index in [0.29, 0.717) is 21.8 Å². The van der Waals surface area contributed by atoms with E-state index in [-0.39, 0.29) is 5.75 Å². The zero-order chi connectivity index (χ0) is 18.0. The highest BCUT2D eigenvalue weighted by molar-refractivity contribution is 9.10. The maximum Gasteiger partial charge on any atom is 0.203 e. The maximum atomic E-state index is 9.88. The van der Waals surface area contributed by atoms with E-state index in [1.54, 1.807) is 12.3 Å². The quantitative estimate of drug-likeness (QED) is 0.618. The molecule has 0 bridgehead atoms. The molecule has 2 aromatic carbocycles. The SMILES string of the molecule is COc1cc(CNc2ncc(-c3cccc(Cl)c3)n2C)cc(Br)c1O. The first-order valence-corrected chi connectivity index (χ1v) is 8.73. The Kier molecular flexibility index (Phi) is 5.20. The summed E-state index contributed by atoms with van der Waals surface area (Å²) in [5.74, 6) is 1.25. The van der Waals surface area contributed by atoms with E-state index >= 15 is 0 Å². The number of phenolic OH excluding ortho intramolecular Hbond substituents is 1. The number of benzene rings is 2. The van der Waals surface area contributed by atoms with Crippen molar-refractivity contribution in [2.75, 3.05) is 12.4 Å². The second-order valence-corrected chi connectivity index (χ2v) is 6.81. The van der Waals surface area contributed by atoms with Crippen molar-refractivity contribution < 1.29 is 9.84 Å². The first kappa shape index (κ1) is 17.6. The molecule has 3 aromatic rings. The number of aromatic hydroxyl groups is 1. The predicted octanol–water partition coefficient (Wildman–Crippen LogP) is 4.83. The molecule has 1 heterocycles. The number of methoxy groups -OCH3 is 1. The molecular formula is C18H17BrClN3O2. The third-order valence-corrected chi connectivity index (χ3v) is 4.71. The Morgan fingerprint density at radius 2 is 2.12 bits per heavy atom. The molecule has 0 unspecified atom stereocenters. The second kappa shape index (κ2) is 7.37. The van der Waals surface area contributed by atoms with Gasteiger partial charge in [0.2, 0.25) is 5.95 Å². The Hall–Kier alpha value is -2.18. The number of hydrogen-bond donors (Lipinski definition) is 2. The number of anilines is 1. The van der Waals surface area contributed by atoms with Crippen LogP contribution in [0.3, 0.4) is 0 Å². The van der Waals surface area contributed by atoms with Crippen LogP contribution in [0, 0.1) is 0 Å². The van der Waals surface area contributed by atoms with Gasteiger partial charge in [-0.15, -0.1) is 0 Å². The monoisotopic (exact) mass is 421 g/mol. The van der Waals surface area contributed by atoms with E-state index in [0.717, 1.165) is 22.8 Å². The lowest BCUT2D eigenvalue weighted by Gasteiger charge is -2.11. The van der Waals surface area contributed by atoms with Crippen LogP contribution in [0.2, 0.25) is 5.02 Å². The molecule has 0 aliphatic carbocycles. The van der Waals surface area contributed by atoms with Crippen LogP contribution in [0.15, 0.2) is 47.1 Å². The van der Waals surface area contributed by atoms with E-state index < -0.39 is 0 Å². The molecule has 0 radical (unpaired) electrons. The topological polar surface area (TPSA) is 59.3 Å². The summed E-state index contributed by atoms with van der Waals surface area (Å²) >= 11 is 9.40. The average Bonchev–Trinajstić information content (AvgIpc) is 2.96. The van der Waals surface area contributed by atoms with Gasteiger partial charge in [0.1, 0.15) is 0 Å².